The van der Waals surface area contributed by atoms with Gasteiger partial charge in [-0.15, -0.1) is 5.10 Å². The number of halogens is 1. The molecule has 0 spiro atoms. The molecule has 3 rings (SSSR count). The van der Waals surface area contributed by atoms with E-state index in [0.717, 1.165) is 51.4 Å². The fourth-order valence-electron chi connectivity index (χ4n) is 2.54. The molecule has 7 heteroatoms. The highest BCUT2D eigenvalue weighted by atomic mass is 35.5. The molecule has 0 bridgehead atoms. The lowest BCUT2D eigenvalue weighted by Gasteiger charge is -2.33. The van der Waals surface area contributed by atoms with E-state index < -0.39 is 0 Å². The maximum atomic E-state index is 6.02. The number of rotatable bonds is 3. The zero-order chi connectivity index (χ0) is 12.4. The summed E-state index contributed by atoms with van der Waals surface area (Å²) in [4.78, 5) is 2.37. The first-order chi connectivity index (χ1) is 8.83. The van der Waals surface area contributed by atoms with Crippen LogP contribution in [0.25, 0.3) is 0 Å². The molecule has 0 atom stereocenters. The molecule has 1 aromatic rings. The smallest absolute Gasteiger partial charge is 0.160 e. The molecule has 1 aromatic heterocycles. The van der Waals surface area contributed by atoms with Crippen molar-refractivity contribution in [1.29, 1.82) is 0 Å². The van der Waals surface area contributed by atoms with Gasteiger partial charge >= 0.3 is 0 Å². The molecule has 2 aliphatic heterocycles. The zero-order valence-corrected chi connectivity index (χ0v) is 11.6. The molecule has 0 aliphatic carbocycles. The molecule has 18 heavy (non-hydrogen) atoms. The zero-order valence-electron chi connectivity index (χ0n) is 10.0. The van der Waals surface area contributed by atoms with Crippen LogP contribution in [0.1, 0.15) is 18.5 Å². The van der Waals surface area contributed by atoms with E-state index in [1.807, 2.05) is 0 Å². The lowest BCUT2D eigenvalue weighted by atomic mass is 9.96. The summed E-state index contributed by atoms with van der Waals surface area (Å²) in [7, 11) is 0. The van der Waals surface area contributed by atoms with E-state index in [-0.39, 0.29) is 6.29 Å². The normalized spacial score (nSPS) is 23.8. The quantitative estimate of drug-likeness (QED) is 0.849. The Labute approximate surface area is 115 Å². The van der Waals surface area contributed by atoms with Crippen molar-refractivity contribution >= 4 is 23.1 Å². The minimum absolute atomic E-state index is 0.0247. The minimum Gasteiger partial charge on any atom is -0.350 e. The molecule has 2 aliphatic rings. The molecule has 0 saturated carbocycles. The lowest BCUT2D eigenvalue weighted by molar-refractivity contribution is -0.0978. The lowest BCUT2D eigenvalue weighted by Crippen LogP contribution is -2.37. The third-order valence-electron chi connectivity index (χ3n) is 3.55. The van der Waals surface area contributed by atoms with Crippen molar-refractivity contribution in [3.8, 4) is 0 Å². The van der Waals surface area contributed by atoms with Crippen LogP contribution in [0.5, 0.6) is 0 Å². The van der Waals surface area contributed by atoms with Crippen molar-refractivity contribution in [2.45, 2.75) is 25.7 Å². The SMILES string of the molecule is Clc1snnc1CN1CCC(C2OCCO2)CC1. The van der Waals surface area contributed by atoms with Crippen molar-refractivity contribution in [1.82, 2.24) is 14.5 Å². The second-order valence-electron chi connectivity index (χ2n) is 4.72. The molecule has 2 fully saturated rings. The molecule has 0 unspecified atom stereocenters. The molecule has 0 N–H and O–H groups in total. The standard InChI is InChI=1S/C11H16ClN3O2S/c12-10-9(13-14-18-10)7-15-3-1-8(2-4-15)11-16-5-6-17-11/h8,11H,1-7H2. The van der Waals surface area contributed by atoms with E-state index in [0.29, 0.717) is 10.3 Å². The molecule has 2 saturated heterocycles. The fourth-order valence-corrected chi connectivity index (χ4v) is 3.15. The summed E-state index contributed by atoms with van der Waals surface area (Å²) in [5, 5.41) is 4.05. The van der Waals surface area contributed by atoms with Crippen LogP contribution >= 0.6 is 23.1 Å². The molecule has 3 heterocycles. The Hall–Kier alpha value is -0.270. The van der Waals surface area contributed by atoms with Gasteiger partial charge in [0.25, 0.3) is 0 Å². The third kappa shape index (κ3) is 2.83. The molecule has 0 aromatic carbocycles. The Morgan fingerprint density at radius 2 is 2.00 bits per heavy atom. The van der Waals surface area contributed by atoms with Gasteiger partial charge in [0.05, 0.1) is 13.2 Å². The molecular weight excluding hydrogens is 274 g/mol. The molecule has 0 radical (unpaired) electrons. The van der Waals surface area contributed by atoms with Gasteiger partial charge in [-0.2, -0.15) is 0 Å². The van der Waals surface area contributed by atoms with Crippen molar-refractivity contribution in [2.75, 3.05) is 26.3 Å². The van der Waals surface area contributed by atoms with Crippen molar-refractivity contribution in [2.24, 2.45) is 5.92 Å². The number of ether oxygens (including phenoxy) is 2. The maximum Gasteiger partial charge on any atom is 0.160 e. The average Bonchev–Trinajstić information content (AvgIpc) is 3.03. The van der Waals surface area contributed by atoms with E-state index in [2.05, 4.69) is 14.5 Å². The van der Waals surface area contributed by atoms with Crippen LogP contribution in [0.4, 0.5) is 0 Å². The predicted octanol–water partition coefficient (Wildman–Crippen LogP) is 1.78. The van der Waals surface area contributed by atoms with Gasteiger partial charge in [0.15, 0.2) is 6.29 Å². The van der Waals surface area contributed by atoms with Crippen LogP contribution < -0.4 is 0 Å². The van der Waals surface area contributed by atoms with Crippen LogP contribution in [0.3, 0.4) is 0 Å². The van der Waals surface area contributed by atoms with Crippen molar-refractivity contribution < 1.29 is 9.47 Å². The van der Waals surface area contributed by atoms with Gasteiger partial charge in [-0.3, -0.25) is 4.90 Å². The van der Waals surface area contributed by atoms with Crippen molar-refractivity contribution in [3.05, 3.63) is 10.0 Å². The summed E-state index contributed by atoms with van der Waals surface area (Å²) in [5.41, 5.74) is 0.897. The van der Waals surface area contributed by atoms with E-state index in [4.69, 9.17) is 21.1 Å². The minimum atomic E-state index is 0.0247. The predicted molar refractivity (Wildman–Crippen MR) is 68.6 cm³/mol. The van der Waals surface area contributed by atoms with E-state index in [1.165, 1.54) is 11.5 Å². The van der Waals surface area contributed by atoms with Gasteiger partial charge < -0.3 is 9.47 Å². The summed E-state index contributed by atoms with van der Waals surface area (Å²) in [6, 6.07) is 0. The average molecular weight is 290 g/mol. The highest BCUT2D eigenvalue weighted by Crippen LogP contribution is 2.27. The van der Waals surface area contributed by atoms with Crippen LogP contribution in [0.15, 0.2) is 0 Å². The molecular formula is C11H16ClN3O2S. The van der Waals surface area contributed by atoms with Gasteiger partial charge in [0.1, 0.15) is 10.0 Å². The van der Waals surface area contributed by atoms with Crippen LogP contribution in [0.2, 0.25) is 4.34 Å². The number of nitrogens with zero attached hydrogens (tertiary/aromatic N) is 3. The number of piperidine rings is 1. The largest absolute Gasteiger partial charge is 0.350 e. The highest BCUT2D eigenvalue weighted by molar-refractivity contribution is 7.10. The van der Waals surface area contributed by atoms with Gasteiger partial charge in [0, 0.05) is 24.0 Å². The second kappa shape index (κ2) is 5.79. The molecule has 0 amide bonds. The fraction of sp³-hybridized carbons (Fsp3) is 0.818. The first-order valence-corrected chi connectivity index (χ1v) is 7.40. The monoisotopic (exact) mass is 289 g/mol. The highest BCUT2D eigenvalue weighted by Gasteiger charge is 2.30. The summed E-state index contributed by atoms with van der Waals surface area (Å²) in [6.07, 6.45) is 2.25. The van der Waals surface area contributed by atoms with Crippen LogP contribution in [-0.4, -0.2) is 47.1 Å². The Kier molecular flexibility index (Phi) is 4.10. The number of likely N-dealkylation sites (tertiary alicyclic amines) is 1. The molecule has 100 valence electrons. The summed E-state index contributed by atoms with van der Waals surface area (Å²) >= 11 is 7.27. The first-order valence-electron chi connectivity index (χ1n) is 6.25. The van der Waals surface area contributed by atoms with Gasteiger partial charge in [-0.25, -0.2) is 0 Å². The van der Waals surface area contributed by atoms with E-state index >= 15 is 0 Å². The number of aromatic nitrogens is 2. The van der Waals surface area contributed by atoms with Gasteiger partial charge in [-0.1, -0.05) is 16.1 Å². The first kappa shape index (κ1) is 12.7. The van der Waals surface area contributed by atoms with E-state index in [9.17, 15) is 0 Å². The van der Waals surface area contributed by atoms with Crippen molar-refractivity contribution in [3.63, 3.8) is 0 Å². The Bertz CT molecular complexity index is 389. The third-order valence-corrected chi connectivity index (χ3v) is 4.53. The Morgan fingerprint density at radius 1 is 1.28 bits per heavy atom. The topological polar surface area (TPSA) is 47.5 Å². The van der Waals surface area contributed by atoms with Gasteiger partial charge in [0.2, 0.25) is 0 Å². The Balaban J connectivity index is 1.49. The van der Waals surface area contributed by atoms with Crippen LogP contribution in [0, 0.1) is 5.92 Å². The van der Waals surface area contributed by atoms with E-state index in [1.54, 1.807) is 0 Å². The Morgan fingerprint density at radius 3 is 2.61 bits per heavy atom. The molecule has 5 nitrogen and oxygen atoms in total. The van der Waals surface area contributed by atoms with Crippen LogP contribution in [-0.2, 0) is 16.0 Å². The summed E-state index contributed by atoms with van der Waals surface area (Å²) < 4.78 is 15.7. The maximum absolute atomic E-state index is 6.02. The number of hydrogen-bond donors (Lipinski definition) is 0. The second-order valence-corrected chi connectivity index (χ2v) is 6.07. The number of hydrogen-bond acceptors (Lipinski definition) is 6. The summed E-state index contributed by atoms with van der Waals surface area (Å²) in [5.74, 6) is 0.535. The van der Waals surface area contributed by atoms with Gasteiger partial charge in [-0.05, 0) is 25.9 Å². The summed E-state index contributed by atoms with van der Waals surface area (Å²) in [6.45, 7) is 4.37.